The Bertz CT molecular complexity index is 534. The highest BCUT2D eigenvalue weighted by Crippen LogP contribution is 2.38. The Labute approximate surface area is 124 Å². The highest BCUT2D eigenvalue weighted by atomic mass is 16.4. The highest BCUT2D eigenvalue weighted by molar-refractivity contribution is 5.98. The number of hydrogen-bond acceptors (Lipinski definition) is 3. The van der Waals surface area contributed by atoms with E-state index in [2.05, 4.69) is 4.90 Å². The molecule has 1 aromatic carbocycles. The van der Waals surface area contributed by atoms with Crippen molar-refractivity contribution in [3.8, 4) is 0 Å². The van der Waals surface area contributed by atoms with E-state index in [0.29, 0.717) is 37.9 Å². The Kier molecular flexibility index (Phi) is 4.50. The SMILES string of the molecule is CCCC1(C(=O)O)CCN(c2ccccc2C(N)=O)CC1. The lowest BCUT2D eigenvalue weighted by Crippen LogP contribution is -2.45. The molecule has 114 valence electrons. The summed E-state index contributed by atoms with van der Waals surface area (Å²) in [6, 6.07) is 7.23. The van der Waals surface area contributed by atoms with Crippen LogP contribution in [0.3, 0.4) is 0 Å². The Morgan fingerprint density at radius 3 is 2.43 bits per heavy atom. The quantitative estimate of drug-likeness (QED) is 0.871. The minimum absolute atomic E-state index is 0.450. The molecule has 1 aromatic rings. The van der Waals surface area contributed by atoms with Crippen molar-refractivity contribution in [1.29, 1.82) is 0 Å². The van der Waals surface area contributed by atoms with Crippen LogP contribution < -0.4 is 10.6 Å². The van der Waals surface area contributed by atoms with Crippen LogP contribution in [0.15, 0.2) is 24.3 Å². The van der Waals surface area contributed by atoms with Crippen LogP contribution >= 0.6 is 0 Å². The molecule has 0 aliphatic carbocycles. The minimum atomic E-state index is -0.702. The first-order chi connectivity index (χ1) is 10.00. The number of piperidine rings is 1. The standard InChI is InChI=1S/C16H22N2O3/c1-2-7-16(15(20)21)8-10-18(11-9-16)13-6-4-3-5-12(13)14(17)19/h3-6H,2,7-11H2,1H3,(H2,17,19)(H,20,21). The number of carbonyl (C=O) groups excluding carboxylic acids is 1. The topological polar surface area (TPSA) is 83.6 Å². The maximum absolute atomic E-state index is 11.6. The van der Waals surface area contributed by atoms with Crippen LogP contribution in [-0.2, 0) is 4.79 Å². The number of nitrogens with zero attached hydrogens (tertiary/aromatic N) is 1. The van der Waals surface area contributed by atoms with Crippen molar-refractivity contribution in [2.45, 2.75) is 32.6 Å². The van der Waals surface area contributed by atoms with E-state index >= 15 is 0 Å². The average Bonchev–Trinajstić information content (AvgIpc) is 2.48. The molecule has 1 aliphatic heterocycles. The fraction of sp³-hybridized carbons (Fsp3) is 0.500. The minimum Gasteiger partial charge on any atom is -0.481 e. The van der Waals surface area contributed by atoms with E-state index in [1.807, 2.05) is 19.1 Å². The highest BCUT2D eigenvalue weighted by Gasteiger charge is 2.40. The molecule has 5 nitrogen and oxygen atoms in total. The monoisotopic (exact) mass is 290 g/mol. The summed E-state index contributed by atoms with van der Waals surface area (Å²) in [5.41, 5.74) is 6.09. The Hall–Kier alpha value is -2.04. The number of primary amides is 1. The molecule has 0 radical (unpaired) electrons. The first-order valence-electron chi connectivity index (χ1n) is 7.37. The predicted molar refractivity (Wildman–Crippen MR) is 81.4 cm³/mol. The van der Waals surface area contributed by atoms with E-state index in [1.54, 1.807) is 12.1 Å². The number of rotatable bonds is 5. The molecule has 0 bridgehead atoms. The van der Waals surface area contributed by atoms with Gasteiger partial charge in [0.15, 0.2) is 0 Å². The number of carboxylic acids is 1. The summed E-state index contributed by atoms with van der Waals surface area (Å²) in [7, 11) is 0. The van der Waals surface area contributed by atoms with Crippen molar-refractivity contribution in [3.05, 3.63) is 29.8 Å². The number of hydrogen-bond donors (Lipinski definition) is 2. The van der Waals surface area contributed by atoms with Crippen LogP contribution in [0.1, 0.15) is 43.0 Å². The van der Waals surface area contributed by atoms with Gasteiger partial charge in [0.25, 0.3) is 5.91 Å². The molecular formula is C16H22N2O3. The van der Waals surface area contributed by atoms with Crippen molar-refractivity contribution in [3.63, 3.8) is 0 Å². The van der Waals surface area contributed by atoms with Crippen LogP contribution in [0.25, 0.3) is 0 Å². The number of carbonyl (C=O) groups is 2. The summed E-state index contributed by atoms with van der Waals surface area (Å²) in [6.45, 7) is 3.28. The molecule has 1 aliphatic rings. The second-order valence-electron chi connectivity index (χ2n) is 5.70. The maximum Gasteiger partial charge on any atom is 0.309 e. The van der Waals surface area contributed by atoms with Gasteiger partial charge in [0.05, 0.1) is 11.0 Å². The van der Waals surface area contributed by atoms with Crippen molar-refractivity contribution >= 4 is 17.6 Å². The summed E-state index contributed by atoms with van der Waals surface area (Å²) in [5.74, 6) is -1.15. The summed E-state index contributed by atoms with van der Waals surface area (Å²) >= 11 is 0. The van der Waals surface area contributed by atoms with Crippen LogP contribution in [0.4, 0.5) is 5.69 Å². The van der Waals surface area contributed by atoms with Crippen LogP contribution in [-0.4, -0.2) is 30.1 Å². The van der Waals surface area contributed by atoms with E-state index in [0.717, 1.165) is 12.1 Å². The molecule has 1 saturated heterocycles. The van der Waals surface area contributed by atoms with Gasteiger partial charge >= 0.3 is 5.97 Å². The van der Waals surface area contributed by atoms with Gasteiger partial charge in [-0.05, 0) is 31.4 Å². The molecule has 1 heterocycles. The van der Waals surface area contributed by atoms with Crippen molar-refractivity contribution in [2.24, 2.45) is 11.1 Å². The second-order valence-corrected chi connectivity index (χ2v) is 5.70. The zero-order valence-electron chi connectivity index (χ0n) is 12.3. The Morgan fingerprint density at radius 2 is 1.90 bits per heavy atom. The van der Waals surface area contributed by atoms with Gasteiger partial charge in [0, 0.05) is 18.8 Å². The van der Waals surface area contributed by atoms with E-state index in [4.69, 9.17) is 5.73 Å². The van der Waals surface area contributed by atoms with Gasteiger partial charge in [-0.3, -0.25) is 9.59 Å². The number of anilines is 1. The third-order valence-electron chi connectivity index (χ3n) is 4.41. The van der Waals surface area contributed by atoms with E-state index in [9.17, 15) is 14.7 Å². The summed E-state index contributed by atoms with van der Waals surface area (Å²) < 4.78 is 0. The third kappa shape index (κ3) is 3.01. The van der Waals surface area contributed by atoms with Crippen molar-refractivity contribution < 1.29 is 14.7 Å². The van der Waals surface area contributed by atoms with Crippen LogP contribution in [0, 0.1) is 5.41 Å². The predicted octanol–water partition coefficient (Wildman–Crippen LogP) is 2.26. The smallest absolute Gasteiger partial charge is 0.309 e. The van der Waals surface area contributed by atoms with Gasteiger partial charge < -0.3 is 15.7 Å². The second kappa shape index (κ2) is 6.16. The van der Waals surface area contributed by atoms with E-state index in [-0.39, 0.29) is 0 Å². The van der Waals surface area contributed by atoms with Crippen LogP contribution in [0.2, 0.25) is 0 Å². The normalized spacial score (nSPS) is 17.5. The molecule has 0 spiro atoms. The first-order valence-corrected chi connectivity index (χ1v) is 7.37. The summed E-state index contributed by atoms with van der Waals surface area (Å²) in [6.07, 6.45) is 2.77. The molecule has 1 fully saturated rings. The lowest BCUT2D eigenvalue weighted by Gasteiger charge is -2.40. The zero-order valence-corrected chi connectivity index (χ0v) is 12.3. The molecule has 0 unspecified atom stereocenters. The summed E-state index contributed by atoms with van der Waals surface area (Å²) in [5, 5.41) is 9.53. The Morgan fingerprint density at radius 1 is 1.29 bits per heavy atom. The number of nitrogens with two attached hydrogens (primary N) is 1. The largest absolute Gasteiger partial charge is 0.481 e. The van der Waals surface area contributed by atoms with Gasteiger partial charge in [0.2, 0.25) is 0 Å². The van der Waals surface area contributed by atoms with Gasteiger partial charge in [-0.15, -0.1) is 0 Å². The number of carboxylic acid groups (broad SMARTS) is 1. The lowest BCUT2D eigenvalue weighted by molar-refractivity contribution is -0.150. The molecule has 1 amide bonds. The average molecular weight is 290 g/mol. The number of para-hydroxylation sites is 1. The third-order valence-corrected chi connectivity index (χ3v) is 4.41. The van der Waals surface area contributed by atoms with Gasteiger partial charge in [0.1, 0.15) is 0 Å². The fourth-order valence-electron chi connectivity index (χ4n) is 3.18. The molecule has 0 saturated carbocycles. The number of aliphatic carboxylic acids is 1. The fourth-order valence-corrected chi connectivity index (χ4v) is 3.18. The van der Waals surface area contributed by atoms with Gasteiger partial charge in [-0.25, -0.2) is 0 Å². The molecule has 3 N–H and O–H groups in total. The maximum atomic E-state index is 11.6. The molecular weight excluding hydrogens is 268 g/mol. The number of amides is 1. The van der Waals surface area contributed by atoms with Crippen molar-refractivity contribution in [1.82, 2.24) is 0 Å². The lowest BCUT2D eigenvalue weighted by atomic mass is 9.75. The number of benzene rings is 1. The summed E-state index contributed by atoms with van der Waals surface area (Å²) in [4.78, 5) is 25.2. The van der Waals surface area contributed by atoms with Gasteiger partial charge in [-0.2, -0.15) is 0 Å². The Balaban J connectivity index is 2.18. The molecule has 5 heteroatoms. The molecule has 0 atom stereocenters. The molecule has 0 aromatic heterocycles. The van der Waals surface area contributed by atoms with Crippen molar-refractivity contribution in [2.75, 3.05) is 18.0 Å². The first kappa shape index (κ1) is 15.4. The van der Waals surface area contributed by atoms with Crippen LogP contribution in [0.5, 0.6) is 0 Å². The molecule has 21 heavy (non-hydrogen) atoms. The van der Waals surface area contributed by atoms with E-state index < -0.39 is 17.3 Å². The molecule has 2 rings (SSSR count). The van der Waals surface area contributed by atoms with Gasteiger partial charge in [-0.1, -0.05) is 25.5 Å². The zero-order chi connectivity index (χ0) is 15.5. The van der Waals surface area contributed by atoms with E-state index in [1.165, 1.54) is 0 Å².